The van der Waals surface area contributed by atoms with Crippen LogP contribution in [0.2, 0.25) is 0 Å². The van der Waals surface area contributed by atoms with Crippen LogP contribution in [0.1, 0.15) is 10.5 Å². The minimum atomic E-state index is -0.0641. The zero-order chi connectivity index (χ0) is 20.2. The summed E-state index contributed by atoms with van der Waals surface area (Å²) < 4.78 is 17.6. The summed E-state index contributed by atoms with van der Waals surface area (Å²) in [5.74, 6) is 1.42. The quantitative estimate of drug-likeness (QED) is 0.667. The number of carbonyl (C=O) groups excluding carboxylic acids is 1. The Morgan fingerprint density at radius 3 is 2.38 bits per heavy atom. The van der Waals surface area contributed by atoms with Crippen LogP contribution in [0.15, 0.2) is 54.6 Å². The van der Waals surface area contributed by atoms with E-state index in [1.54, 1.807) is 23.8 Å². The van der Waals surface area contributed by atoms with Crippen LogP contribution in [-0.4, -0.2) is 61.1 Å². The number of morpholine rings is 1. The molecule has 1 amide bonds. The Morgan fingerprint density at radius 1 is 0.966 bits per heavy atom. The molecule has 2 aromatic carbocycles. The molecule has 7 nitrogen and oxygen atoms in total. The van der Waals surface area contributed by atoms with E-state index in [1.165, 1.54) is 0 Å². The molecule has 1 fully saturated rings. The summed E-state index contributed by atoms with van der Waals surface area (Å²) in [6, 6.07) is 16.9. The van der Waals surface area contributed by atoms with Gasteiger partial charge in [-0.1, -0.05) is 12.1 Å². The van der Waals surface area contributed by atoms with E-state index in [9.17, 15) is 4.79 Å². The summed E-state index contributed by atoms with van der Waals surface area (Å²) in [4.78, 5) is 15.0. The minimum absolute atomic E-state index is 0.0641. The molecule has 29 heavy (non-hydrogen) atoms. The van der Waals surface area contributed by atoms with Crippen molar-refractivity contribution in [3.8, 4) is 28.4 Å². The second kappa shape index (κ2) is 8.36. The minimum Gasteiger partial charge on any atom is -0.497 e. The highest BCUT2D eigenvalue weighted by Gasteiger charge is 2.24. The van der Waals surface area contributed by atoms with Gasteiger partial charge in [0.2, 0.25) is 0 Å². The van der Waals surface area contributed by atoms with Gasteiger partial charge >= 0.3 is 0 Å². The van der Waals surface area contributed by atoms with Gasteiger partial charge in [0.25, 0.3) is 5.91 Å². The van der Waals surface area contributed by atoms with Crippen LogP contribution in [0.5, 0.6) is 11.5 Å². The Kier molecular flexibility index (Phi) is 5.48. The third-order valence-corrected chi connectivity index (χ3v) is 4.91. The molecule has 0 spiro atoms. The maximum atomic E-state index is 13.2. The highest BCUT2D eigenvalue weighted by molar-refractivity contribution is 5.94. The first-order valence-electron chi connectivity index (χ1n) is 9.45. The predicted molar refractivity (Wildman–Crippen MR) is 109 cm³/mol. The number of methoxy groups -OCH3 is 2. The molecular formula is C22H23N3O4. The number of aromatic nitrogens is 2. The van der Waals surface area contributed by atoms with Gasteiger partial charge in [-0.3, -0.25) is 4.79 Å². The Morgan fingerprint density at radius 2 is 1.69 bits per heavy atom. The standard InChI is InChI=1S/C22H23N3O4/c1-27-18-8-6-17(7-9-18)25-21(22(26)24-10-12-29-13-11-24)15-20(23-25)16-4-3-5-19(14-16)28-2/h3-9,14-15H,10-13H2,1-2H3. The third kappa shape index (κ3) is 3.95. The van der Waals surface area contributed by atoms with E-state index in [-0.39, 0.29) is 5.91 Å². The number of benzene rings is 2. The van der Waals surface area contributed by atoms with E-state index < -0.39 is 0 Å². The topological polar surface area (TPSA) is 65.8 Å². The fourth-order valence-electron chi connectivity index (χ4n) is 3.31. The fourth-order valence-corrected chi connectivity index (χ4v) is 3.31. The lowest BCUT2D eigenvalue weighted by atomic mass is 10.1. The number of hydrogen-bond donors (Lipinski definition) is 0. The lowest BCUT2D eigenvalue weighted by Gasteiger charge is -2.26. The predicted octanol–water partition coefficient (Wildman–Crippen LogP) is 3.03. The molecule has 0 atom stereocenters. The van der Waals surface area contributed by atoms with Crippen LogP contribution in [0, 0.1) is 0 Å². The molecule has 0 N–H and O–H groups in total. The van der Waals surface area contributed by atoms with Gasteiger partial charge in [0.1, 0.15) is 17.2 Å². The lowest BCUT2D eigenvalue weighted by molar-refractivity contribution is 0.0297. The highest BCUT2D eigenvalue weighted by atomic mass is 16.5. The molecule has 0 radical (unpaired) electrons. The number of nitrogens with zero attached hydrogens (tertiary/aromatic N) is 3. The van der Waals surface area contributed by atoms with Gasteiger partial charge in [0.05, 0.1) is 38.8 Å². The van der Waals surface area contributed by atoms with Gasteiger partial charge in [0, 0.05) is 18.7 Å². The molecule has 7 heteroatoms. The first-order chi connectivity index (χ1) is 14.2. The number of ether oxygens (including phenoxy) is 3. The van der Waals surface area contributed by atoms with Crippen molar-refractivity contribution in [2.45, 2.75) is 0 Å². The van der Waals surface area contributed by atoms with Crippen molar-refractivity contribution in [3.05, 3.63) is 60.3 Å². The van der Waals surface area contributed by atoms with Gasteiger partial charge < -0.3 is 19.1 Å². The molecule has 4 rings (SSSR count). The molecular weight excluding hydrogens is 370 g/mol. The van der Waals surface area contributed by atoms with Crippen LogP contribution in [0.25, 0.3) is 16.9 Å². The van der Waals surface area contributed by atoms with Crippen LogP contribution < -0.4 is 9.47 Å². The van der Waals surface area contributed by atoms with E-state index in [2.05, 4.69) is 0 Å². The molecule has 0 unspecified atom stereocenters. The van der Waals surface area contributed by atoms with Crippen molar-refractivity contribution in [2.24, 2.45) is 0 Å². The molecule has 1 aliphatic heterocycles. The van der Waals surface area contributed by atoms with E-state index in [0.717, 1.165) is 22.7 Å². The lowest BCUT2D eigenvalue weighted by Crippen LogP contribution is -2.41. The van der Waals surface area contributed by atoms with Crippen LogP contribution in [0.3, 0.4) is 0 Å². The highest BCUT2D eigenvalue weighted by Crippen LogP contribution is 2.26. The normalized spacial score (nSPS) is 13.9. The van der Waals surface area contributed by atoms with Crippen molar-refractivity contribution in [1.82, 2.24) is 14.7 Å². The maximum Gasteiger partial charge on any atom is 0.272 e. The van der Waals surface area contributed by atoms with Gasteiger partial charge in [0.15, 0.2) is 0 Å². The Hall–Kier alpha value is -3.32. The second-order valence-corrected chi connectivity index (χ2v) is 6.66. The average Bonchev–Trinajstić information content (AvgIpc) is 3.25. The third-order valence-electron chi connectivity index (χ3n) is 4.91. The van der Waals surface area contributed by atoms with Crippen molar-refractivity contribution >= 4 is 5.91 Å². The largest absolute Gasteiger partial charge is 0.497 e. The second-order valence-electron chi connectivity index (χ2n) is 6.66. The molecule has 0 aliphatic carbocycles. The van der Waals surface area contributed by atoms with Crippen LogP contribution >= 0.6 is 0 Å². The van der Waals surface area contributed by atoms with Crippen molar-refractivity contribution in [1.29, 1.82) is 0 Å². The van der Waals surface area contributed by atoms with Crippen LogP contribution in [0.4, 0.5) is 0 Å². The Bertz CT molecular complexity index is 992. The Balaban J connectivity index is 1.77. The summed E-state index contributed by atoms with van der Waals surface area (Å²) in [6.45, 7) is 2.23. The van der Waals surface area contributed by atoms with E-state index >= 15 is 0 Å². The van der Waals surface area contributed by atoms with Crippen molar-refractivity contribution in [2.75, 3.05) is 40.5 Å². The summed E-state index contributed by atoms with van der Waals surface area (Å²) in [5, 5.41) is 4.74. The molecule has 1 aromatic heterocycles. The van der Waals surface area contributed by atoms with Gasteiger partial charge in [-0.05, 0) is 42.5 Å². The molecule has 1 aliphatic rings. The summed E-state index contributed by atoms with van der Waals surface area (Å²) in [5.41, 5.74) is 2.88. The summed E-state index contributed by atoms with van der Waals surface area (Å²) >= 11 is 0. The van der Waals surface area contributed by atoms with Crippen molar-refractivity contribution in [3.63, 3.8) is 0 Å². The average molecular weight is 393 g/mol. The number of rotatable bonds is 5. The van der Waals surface area contributed by atoms with Gasteiger partial charge in [-0.25, -0.2) is 4.68 Å². The molecule has 0 bridgehead atoms. The first-order valence-corrected chi connectivity index (χ1v) is 9.45. The molecule has 1 saturated heterocycles. The molecule has 3 aromatic rings. The summed E-state index contributed by atoms with van der Waals surface area (Å²) in [7, 11) is 3.25. The van der Waals surface area contributed by atoms with E-state index in [4.69, 9.17) is 19.3 Å². The molecule has 0 saturated carbocycles. The zero-order valence-electron chi connectivity index (χ0n) is 16.5. The zero-order valence-corrected chi connectivity index (χ0v) is 16.5. The SMILES string of the molecule is COc1ccc(-n2nc(-c3cccc(OC)c3)cc2C(=O)N2CCOCC2)cc1. The molecule has 2 heterocycles. The number of hydrogen-bond acceptors (Lipinski definition) is 5. The fraction of sp³-hybridized carbons (Fsp3) is 0.273. The number of carbonyl (C=O) groups is 1. The first kappa shape index (κ1) is 19.0. The van der Waals surface area contributed by atoms with E-state index in [0.29, 0.717) is 37.7 Å². The number of amides is 1. The molecule has 150 valence electrons. The van der Waals surface area contributed by atoms with Crippen molar-refractivity contribution < 1.29 is 19.0 Å². The smallest absolute Gasteiger partial charge is 0.272 e. The summed E-state index contributed by atoms with van der Waals surface area (Å²) in [6.07, 6.45) is 0. The van der Waals surface area contributed by atoms with Gasteiger partial charge in [-0.15, -0.1) is 0 Å². The Labute approximate surface area is 169 Å². The van der Waals surface area contributed by atoms with Gasteiger partial charge in [-0.2, -0.15) is 5.10 Å². The monoisotopic (exact) mass is 393 g/mol. The maximum absolute atomic E-state index is 13.2. The van der Waals surface area contributed by atoms with Crippen LogP contribution in [-0.2, 0) is 4.74 Å². The van der Waals surface area contributed by atoms with E-state index in [1.807, 2.05) is 54.6 Å².